The summed E-state index contributed by atoms with van der Waals surface area (Å²) in [5.74, 6) is 0. The predicted octanol–water partition coefficient (Wildman–Crippen LogP) is 2.74. The first-order valence-corrected chi connectivity index (χ1v) is 7.47. The third kappa shape index (κ3) is 3.80. The van der Waals surface area contributed by atoms with E-state index >= 15 is 0 Å². The Labute approximate surface area is 125 Å². The molecule has 2 N–H and O–H groups in total. The maximum absolute atomic E-state index is 5.59. The summed E-state index contributed by atoms with van der Waals surface area (Å²) in [5, 5.41) is 6.98. The van der Waals surface area contributed by atoms with Gasteiger partial charge in [0, 0.05) is 18.4 Å². The lowest BCUT2D eigenvalue weighted by atomic mass is 10.0. The van der Waals surface area contributed by atoms with Crippen molar-refractivity contribution < 1.29 is 4.74 Å². The van der Waals surface area contributed by atoms with Gasteiger partial charge in [0.05, 0.1) is 24.9 Å². The Morgan fingerprint density at radius 3 is 2.90 bits per heavy atom. The maximum atomic E-state index is 5.59. The average Bonchev–Trinajstić information content (AvgIpc) is 2.56. The van der Waals surface area contributed by atoms with Gasteiger partial charge in [-0.15, -0.1) is 0 Å². The van der Waals surface area contributed by atoms with Gasteiger partial charge in [-0.05, 0) is 36.7 Å². The largest absolute Gasteiger partial charge is 0.385 e. The van der Waals surface area contributed by atoms with Crippen LogP contribution in [-0.2, 0) is 11.3 Å². The number of hydrogen-bond acceptors (Lipinski definition) is 4. The van der Waals surface area contributed by atoms with Crippen LogP contribution in [0.3, 0.4) is 0 Å². The van der Waals surface area contributed by atoms with Gasteiger partial charge in [-0.3, -0.25) is 4.98 Å². The van der Waals surface area contributed by atoms with Crippen LogP contribution in [0.25, 0.3) is 0 Å². The third-order valence-corrected chi connectivity index (χ3v) is 3.67. The number of fused-ring (bicyclic) bond motifs is 1. The second-order valence-corrected chi connectivity index (χ2v) is 5.21. The van der Waals surface area contributed by atoms with Crippen LogP contribution in [-0.4, -0.2) is 24.7 Å². The lowest BCUT2D eigenvalue weighted by Crippen LogP contribution is -2.31. The number of benzene rings is 1. The molecule has 1 aromatic heterocycles. The van der Waals surface area contributed by atoms with E-state index in [2.05, 4.69) is 33.8 Å². The molecule has 1 aromatic carbocycles. The number of para-hydroxylation sites is 1. The van der Waals surface area contributed by atoms with E-state index in [1.807, 2.05) is 30.5 Å². The molecular weight excluding hydrogens is 262 g/mol. The number of anilines is 1. The van der Waals surface area contributed by atoms with Gasteiger partial charge in [0.1, 0.15) is 0 Å². The Bertz CT molecular complexity index is 559. The number of ether oxygens (including phenoxy) is 1. The molecule has 1 atom stereocenters. The van der Waals surface area contributed by atoms with Crippen molar-refractivity contribution in [1.82, 2.24) is 10.3 Å². The minimum atomic E-state index is 0.263. The van der Waals surface area contributed by atoms with Gasteiger partial charge in [0.15, 0.2) is 0 Å². The van der Waals surface area contributed by atoms with Crippen molar-refractivity contribution in [2.75, 3.05) is 25.0 Å². The summed E-state index contributed by atoms with van der Waals surface area (Å²) in [5.41, 5.74) is 3.51. The van der Waals surface area contributed by atoms with Crippen molar-refractivity contribution in [3.63, 3.8) is 0 Å². The molecule has 4 nitrogen and oxygen atoms in total. The summed E-state index contributed by atoms with van der Waals surface area (Å²) in [7, 11) is 0. The number of aromatic nitrogens is 1. The van der Waals surface area contributed by atoms with Crippen LogP contribution in [0, 0.1) is 0 Å². The molecule has 4 heteroatoms. The summed E-state index contributed by atoms with van der Waals surface area (Å²) < 4.78 is 5.59. The summed E-state index contributed by atoms with van der Waals surface area (Å²) in [4.78, 5) is 4.38. The SMILES string of the molecule is c1ccc(NCCCN[C@H]2COCc3ncccc32)cc1. The second kappa shape index (κ2) is 7.20. The molecule has 110 valence electrons. The number of hydrogen-bond donors (Lipinski definition) is 2. The quantitative estimate of drug-likeness (QED) is 0.800. The molecule has 1 aliphatic heterocycles. The fraction of sp³-hybridized carbons (Fsp3) is 0.353. The second-order valence-electron chi connectivity index (χ2n) is 5.21. The molecular formula is C17H21N3O. The monoisotopic (exact) mass is 283 g/mol. The molecule has 2 aromatic rings. The van der Waals surface area contributed by atoms with Gasteiger partial charge in [-0.1, -0.05) is 24.3 Å². The molecule has 0 spiro atoms. The van der Waals surface area contributed by atoms with Crippen molar-refractivity contribution in [2.45, 2.75) is 19.1 Å². The summed E-state index contributed by atoms with van der Waals surface area (Å²) in [6.07, 6.45) is 2.90. The van der Waals surface area contributed by atoms with Gasteiger partial charge in [0.2, 0.25) is 0 Å². The molecule has 1 aliphatic rings. The Hall–Kier alpha value is -1.91. The third-order valence-electron chi connectivity index (χ3n) is 3.67. The zero-order chi connectivity index (χ0) is 14.3. The van der Waals surface area contributed by atoms with Gasteiger partial charge < -0.3 is 15.4 Å². The number of nitrogens with zero attached hydrogens (tertiary/aromatic N) is 1. The standard InChI is InChI=1S/C17H21N3O/c1-2-6-14(7-3-1)18-10-5-11-20-17-13-21-12-16-15(17)8-4-9-19-16/h1-4,6-9,17-18,20H,5,10-13H2/t17-/m0/s1. The summed E-state index contributed by atoms with van der Waals surface area (Å²) >= 11 is 0. The fourth-order valence-electron chi connectivity index (χ4n) is 2.57. The molecule has 0 saturated carbocycles. The van der Waals surface area contributed by atoms with Crippen molar-refractivity contribution in [3.8, 4) is 0 Å². The molecule has 0 saturated heterocycles. The van der Waals surface area contributed by atoms with Gasteiger partial charge in [0.25, 0.3) is 0 Å². The molecule has 0 fully saturated rings. The number of rotatable bonds is 6. The lowest BCUT2D eigenvalue weighted by Gasteiger charge is -2.25. The van der Waals surface area contributed by atoms with E-state index in [0.29, 0.717) is 6.61 Å². The maximum Gasteiger partial charge on any atom is 0.0892 e. The van der Waals surface area contributed by atoms with Crippen LogP contribution in [0.4, 0.5) is 5.69 Å². The van der Waals surface area contributed by atoms with E-state index in [-0.39, 0.29) is 6.04 Å². The lowest BCUT2D eigenvalue weighted by molar-refractivity contribution is 0.0791. The fourth-order valence-corrected chi connectivity index (χ4v) is 2.57. The van der Waals surface area contributed by atoms with E-state index in [1.54, 1.807) is 0 Å². The van der Waals surface area contributed by atoms with Crippen molar-refractivity contribution in [3.05, 3.63) is 59.9 Å². The topological polar surface area (TPSA) is 46.2 Å². The highest BCUT2D eigenvalue weighted by atomic mass is 16.5. The van der Waals surface area contributed by atoms with E-state index in [0.717, 1.165) is 31.8 Å². The molecule has 21 heavy (non-hydrogen) atoms. The molecule has 0 aliphatic carbocycles. The van der Waals surface area contributed by atoms with E-state index in [1.165, 1.54) is 11.3 Å². The van der Waals surface area contributed by atoms with Crippen LogP contribution in [0.1, 0.15) is 23.7 Å². The normalized spacial score (nSPS) is 17.2. The molecule has 0 bridgehead atoms. The minimum absolute atomic E-state index is 0.263. The van der Waals surface area contributed by atoms with Crippen molar-refractivity contribution in [2.24, 2.45) is 0 Å². The summed E-state index contributed by atoms with van der Waals surface area (Å²) in [6.45, 7) is 3.28. The van der Waals surface area contributed by atoms with Gasteiger partial charge in [-0.2, -0.15) is 0 Å². The van der Waals surface area contributed by atoms with Crippen molar-refractivity contribution >= 4 is 5.69 Å². The predicted molar refractivity (Wildman–Crippen MR) is 84.2 cm³/mol. The molecule has 3 rings (SSSR count). The Balaban J connectivity index is 1.42. The highest BCUT2D eigenvalue weighted by Crippen LogP contribution is 2.22. The highest BCUT2D eigenvalue weighted by molar-refractivity contribution is 5.42. The average molecular weight is 283 g/mol. The number of pyridine rings is 1. The van der Waals surface area contributed by atoms with Gasteiger partial charge in [-0.25, -0.2) is 0 Å². The zero-order valence-corrected chi connectivity index (χ0v) is 12.1. The van der Waals surface area contributed by atoms with Crippen molar-refractivity contribution in [1.29, 1.82) is 0 Å². The highest BCUT2D eigenvalue weighted by Gasteiger charge is 2.20. The zero-order valence-electron chi connectivity index (χ0n) is 12.1. The van der Waals surface area contributed by atoms with E-state index in [4.69, 9.17) is 4.74 Å². The molecule has 2 heterocycles. The van der Waals surface area contributed by atoms with Crippen LogP contribution in [0.5, 0.6) is 0 Å². The Kier molecular flexibility index (Phi) is 4.82. The smallest absolute Gasteiger partial charge is 0.0892 e. The Morgan fingerprint density at radius 1 is 1.10 bits per heavy atom. The first-order chi connectivity index (χ1) is 10.4. The molecule has 0 unspecified atom stereocenters. The number of nitrogens with one attached hydrogen (secondary N) is 2. The van der Waals surface area contributed by atoms with Crippen LogP contribution < -0.4 is 10.6 Å². The van der Waals surface area contributed by atoms with E-state index < -0.39 is 0 Å². The van der Waals surface area contributed by atoms with E-state index in [9.17, 15) is 0 Å². The van der Waals surface area contributed by atoms with Crippen LogP contribution in [0.2, 0.25) is 0 Å². The van der Waals surface area contributed by atoms with Crippen LogP contribution >= 0.6 is 0 Å². The Morgan fingerprint density at radius 2 is 2.00 bits per heavy atom. The summed E-state index contributed by atoms with van der Waals surface area (Å²) in [6, 6.07) is 14.7. The minimum Gasteiger partial charge on any atom is -0.385 e. The molecule has 0 radical (unpaired) electrons. The molecule has 0 amide bonds. The van der Waals surface area contributed by atoms with Crippen LogP contribution in [0.15, 0.2) is 48.7 Å². The first kappa shape index (κ1) is 14.0. The first-order valence-electron chi connectivity index (χ1n) is 7.47. The van der Waals surface area contributed by atoms with Gasteiger partial charge >= 0.3 is 0 Å².